The number of hydrogen-bond donors (Lipinski definition) is 1. The molecule has 0 aliphatic carbocycles. The van der Waals surface area contributed by atoms with Gasteiger partial charge in [-0.15, -0.1) is 0 Å². The van der Waals surface area contributed by atoms with Gasteiger partial charge in [-0.1, -0.05) is 0 Å². The van der Waals surface area contributed by atoms with Crippen LogP contribution >= 0.6 is 0 Å². The highest BCUT2D eigenvalue weighted by Crippen LogP contribution is 2.27. The van der Waals surface area contributed by atoms with Crippen LogP contribution in [0.15, 0.2) is 28.2 Å². The number of nitrogens with zero attached hydrogens (tertiary/aromatic N) is 2. The van der Waals surface area contributed by atoms with Crippen LogP contribution in [0.1, 0.15) is 19.8 Å². The molecule has 2 aliphatic rings. The fraction of sp³-hybridized carbons (Fsp3) is 0.615. The lowest BCUT2D eigenvalue weighted by atomic mass is 10.1. The average molecular weight is 297 g/mol. The van der Waals surface area contributed by atoms with E-state index in [0.29, 0.717) is 12.6 Å². The van der Waals surface area contributed by atoms with Gasteiger partial charge in [-0.05, 0) is 26.3 Å². The number of aromatic amines is 1. The van der Waals surface area contributed by atoms with Gasteiger partial charge in [0, 0.05) is 43.6 Å². The first-order valence-electron chi connectivity index (χ1n) is 6.93. The predicted octanol–water partition coefficient (Wildman–Crippen LogP) is 0.232. The lowest BCUT2D eigenvalue weighted by Crippen LogP contribution is -2.57. The topological polar surface area (TPSA) is 73.5 Å². The third-order valence-electron chi connectivity index (χ3n) is 4.25. The van der Waals surface area contributed by atoms with Crippen LogP contribution in [0.4, 0.5) is 0 Å². The third kappa shape index (κ3) is 2.19. The number of aromatic nitrogens is 1. The van der Waals surface area contributed by atoms with Crippen molar-refractivity contribution in [1.29, 1.82) is 0 Å². The Balaban J connectivity index is 1.95. The van der Waals surface area contributed by atoms with Gasteiger partial charge in [0.05, 0.1) is 0 Å². The van der Waals surface area contributed by atoms with Crippen LogP contribution < -0.4 is 5.43 Å². The quantitative estimate of drug-likeness (QED) is 0.848. The second kappa shape index (κ2) is 4.98. The van der Waals surface area contributed by atoms with Crippen molar-refractivity contribution in [3.8, 4) is 0 Å². The van der Waals surface area contributed by atoms with Crippen LogP contribution in [0.3, 0.4) is 0 Å². The summed E-state index contributed by atoms with van der Waals surface area (Å²) >= 11 is 0. The van der Waals surface area contributed by atoms with Gasteiger partial charge < -0.3 is 4.98 Å². The fourth-order valence-electron chi connectivity index (χ4n) is 3.22. The van der Waals surface area contributed by atoms with E-state index in [-0.39, 0.29) is 10.9 Å². The molecule has 0 saturated carbocycles. The third-order valence-corrected chi connectivity index (χ3v) is 6.26. The number of nitrogens with one attached hydrogen (secondary N) is 1. The van der Waals surface area contributed by atoms with Crippen molar-refractivity contribution in [1.82, 2.24) is 14.2 Å². The highest BCUT2D eigenvalue weighted by molar-refractivity contribution is 7.89. The molecular weight excluding hydrogens is 278 g/mol. The van der Waals surface area contributed by atoms with Gasteiger partial charge in [-0.3, -0.25) is 9.69 Å². The molecule has 0 radical (unpaired) electrons. The second-order valence-corrected chi connectivity index (χ2v) is 7.45. The first-order valence-corrected chi connectivity index (χ1v) is 8.37. The van der Waals surface area contributed by atoms with Crippen LogP contribution in [0.5, 0.6) is 0 Å². The SMILES string of the molecule is CC1CN2CCCC2CN1S(=O)(=O)c1c[nH]ccc1=O. The maximum atomic E-state index is 12.7. The van der Waals surface area contributed by atoms with E-state index >= 15 is 0 Å². The van der Waals surface area contributed by atoms with Gasteiger partial charge >= 0.3 is 0 Å². The lowest BCUT2D eigenvalue weighted by molar-refractivity contribution is 0.117. The monoisotopic (exact) mass is 297 g/mol. The van der Waals surface area contributed by atoms with E-state index in [2.05, 4.69) is 9.88 Å². The molecule has 2 fully saturated rings. The molecule has 0 bridgehead atoms. The highest BCUT2D eigenvalue weighted by atomic mass is 32.2. The molecule has 1 aromatic rings. The Morgan fingerprint density at radius 3 is 2.90 bits per heavy atom. The minimum Gasteiger partial charge on any atom is -0.366 e. The minimum atomic E-state index is -3.72. The van der Waals surface area contributed by atoms with Crippen molar-refractivity contribution in [3.05, 3.63) is 28.7 Å². The van der Waals surface area contributed by atoms with Crippen LogP contribution in [0.2, 0.25) is 0 Å². The molecule has 2 aliphatic heterocycles. The number of sulfonamides is 1. The number of pyridine rings is 1. The van der Waals surface area contributed by atoms with Gasteiger partial charge in [0.2, 0.25) is 15.5 Å². The van der Waals surface area contributed by atoms with Crippen molar-refractivity contribution in [3.63, 3.8) is 0 Å². The molecule has 0 aromatic carbocycles. The van der Waals surface area contributed by atoms with Gasteiger partial charge in [0.25, 0.3) is 0 Å². The smallest absolute Gasteiger partial charge is 0.248 e. The Morgan fingerprint density at radius 2 is 2.15 bits per heavy atom. The van der Waals surface area contributed by atoms with Crippen LogP contribution in [0, 0.1) is 0 Å². The van der Waals surface area contributed by atoms with Gasteiger partial charge in [0.15, 0.2) is 0 Å². The summed E-state index contributed by atoms with van der Waals surface area (Å²) in [5.41, 5.74) is -0.454. The van der Waals surface area contributed by atoms with Crippen LogP contribution in [-0.4, -0.2) is 54.3 Å². The van der Waals surface area contributed by atoms with E-state index in [0.717, 1.165) is 25.9 Å². The molecule has 1 N–H and O–H groups in total. The molecule has 0 spiro atoms. The summed E-state index contributed by atoms with van der Waals surface area (Å²) < 4.78 is 26.9. The van der Waals surface area contributed by atoms with E-state index in [9.17, 15) is 13.2 Å². The minimum absolute atomic E-state index is 0.103. The molecule has 3 rings (SSSR count). The Hall–Kier alpha value is -1.18. The summed E-state index contributed by atoms with van der Waals surface area (Å²) in [5, 5.41) is 0. The van der Waals surface area contributed by atoms with Crippen molar-refractivity contribution in [2.45, 2.75) is 36.7 Å². The summed E-state index contributed by atoms with van der Waals surface area (Å²) in [4.78, 5) is 16.7. The number of piperazine rings is 1. The van der Waals surface area contributed by atoms with E-state index in [1.165, 1.54) is 22.8 Å². The Morgan fingerprint density at radius 1 is 1.35 bits per heavy atom. The Kier molecular flexibility index (Phi) is 3.43. The lowest BCUT2D eigenvalue weighted by Gasteiger charge is -2.41. The fourth-order valence-corrected chi connectivity index (χ4v) is 4.92. The first kappa shape index (κ1) is 13.8. The van der Waals surface area contributed by atoms with Crippen molar-refractivity contribution >= 4 is 10.0 Å². The molecular formula is C13H19N3O3S. The molecule has 2 unspecified atom stereocenters. The normalized spacial score (nSPS) is 28.4. The number of rotatable bonds is 2. The zero-order valence-electron chi connectivity index (χ0n) is 11.4. The summed E-state index contributed by atoms with van der Waals surface area (Å²) in [7, 11) is -3.72. The summed E-state index contributed by atoms with van der Waals surface area (Å²) in [6.45, 7) is 4.19. The molecule has 6 nitrogen and oxygen atoms in total. The predicted molar refractivity (Wildman–Crippen MR) is 75.0 cm³/mol. The summed E-state index contributed by atoms with van der Waals surface area (Å²) in [6.07, 6.45) is 4.88. The molecule has 0 amide bonds. The second-order valence-electron chi connectivity index (χ2n) is 5.59. The standard InChI is InChI=1S/C13H19N3O3S/c1-10-8-15-6-2-3-11(15)9-16(10)20(18,19)13-7-14-5-4-12(13)17/h4-5,7,10-11H,2-3,6,8-9H2,1H3,(H,14,17). The average Bonchev–Trinajstić information content (AvgIpc) is 2.85. The number of hydrogen-bond acceptors (Lipinski definition) is 4. The number of H-pyrrole nitrogens is 1. The molecule has 2 atom stereocenters. The highest BCUT2D eigenvalue weighted by Gasteiger charge is 2.40. The largest absolute Gasteiger partial charge is 0.366 e. The van der Waals surface area contributed by atoms with Crippen LogP contribution in [-0.2, 0) is 10.0 Å². The molecule has 7 heteroatoms. The van der Waals surface area contributed by atoms with Crippen molar-refractivity contribution < 1.29 is 8.42 Å². The van der Waals surface area contributed by atoms with E-state index in [4.69, 9.17) is 0 Å². The molecule has 20 heavy (non-hydrogen) atoms. The molecule has 3 heterocycles. The van der Waals surface area contributed by atoms with Crippen molar-refractivity contribution in [2.24, 2.45) is 0 Å². The molecule has 110 valence electrons. The van der Waals surface area contributed by atoms with Gasteiger partial charge in [-0.2, -0.15) is 4.31 Å². The molecule has 2 saturated heterocycles. The Labute approximate surface area is 118 Å². The zero-order valence-corrected chi connectivity index (χ0v) is 12.3. The number of fused-ring (bicyclic) bond motifs is 1. The van der Waals surface area contributed by atoms with Gasteiger partial charge in [-0.25, -0.2) is 8.42 Å². The van der Waals surface area contributed by atoms with Gasteiger partial charge in [0.1, 0.15) is 4.90 Å². The van der Waals surface area contributed by atoms with E-state index in [1.807, 2.05) is 6.92 Å². The van der Waals surface area contributed by atoms with E-state index < -0.39 is 15.5 Å². The first-order chi connectivity index (χ1) is 9.50. The van der Waals surface area contributed by atoms with Crippen molar-refractivity contribution in [2.75, 3.05) is 19.6 Å². The maximum absolute atomic E-state index is 12.7. The Bertz CT molecular complexity index is 655. The summed E-state index contributed by atoms with van der Waals surface area (Å²) in [6, 6.07) is 1.45. The zero-order chi connectivity index (χ0) is 14.3. The molecule has 1 aromatic heterocycles. The van der Waals surface area contributed by atoms with E-state index in [1.54, 1.807) is 0 Å². The summed E-state index contributed by atoms with van der Waals surface area (Å²) in [5.74, 6) is 0. The maximum Gasteiger partial charge on any atom is 0.248 e. The van der Waals surface area contributed by atoms with Crippen LogP contribution in [0.25, 0.3) is 0 Å².